The molecule has 0 aliphatic heterocycles. The molecule has 23 heavy (non-hydrogen) atoms. The zero-order valence-electron chi connectivity index (χ0n) is 12.1. The van der Waals surface area contributed by atoms with Gasteiger partial charge in [-0.3, -0.25) is 4.79 Å². The second-order valence-electron chi connectivity index (χ2n) is 4.71. The smallest absolute Gasteiger partial charge is 0.335 e. The molecule has 2 rings (SSSR count). The monoisotopic (exact) mass is 320 g/mol. The molecule has 4 N–H and O–H groups in total. The maximum absolute atomic E-state index is 11.7. The molecule has 1 atom stereocenters. The third kappa shape index (κ3) is 4.48. The van der Waals surface area contributed by atoms with Gasteiger partial charge in [-0.2, -0.15) is 0 Å². The van der Waals surface area contributed by atoms with Gasteiger partial charge in [-0.05, 0) is 5.56 Å². The zero-order valence-corrected chi connectivity index (χ0v) is 12.1. The van der Waals surface area contributed by atoms with Crippen molar-refractivity contribution in [3.8, 4) is 11.8 Å². The van der Waals surface area contributed by atoms with Crippen molar-refractivity contribution in [2.24, 2.45) is 5.73 Å². The summed E-state index contributed by atoms with van der Waals surface area (Å²) in [6.45, 7) is 0.0433. The maximum atomic E-state index is 11.7. The second kappa shape index (κ2) is 7.32. The molecular formula is C15H16N2O6. The predicted octanol–water partition coefficient (Wildman–Crippen LogP) is 0.315. The molecule has 0 bridgehead atoms. The van der Waals surface area contributed by atoms with E-state index in [2.05, 4.69) is 4.84 Å². The zero-order chi connectivity index (χ0) is 16.8. The van der Waals surface area contributed by atoms with Crippen LogP contribution < -0.4 is 10.6 Å². The Morgan fingerprint density at radius 3 is 2.30 bits per heavy atom. The van der Waals surface area contributed by atoms with E-state index in [0.29, 0.717) is 4.73 Å². The summed E-state index contributed by atoms with van der Waals surface area (Å²) in [6, 6.07) is 10.1. The van der Waals surface area contributed by atoms with Crippen LogP contribution in [0.3, 0.4) is 0 Å². The average molecular weight is 320 g/mol. The number of carbonyl (C=O) groups is 2. The van der Waals surface area contributed by atoms with Crippen LogP contribution in [0.1, 0.15) is 12.0 Å². The van der Waals surface area contributed by atoms with Crippen LogP contribution in [0.2, 0.25) is 0 Å². The Morgan fingerprint density at radius 1 is 1.09 bits per heavy atom. The number of aromatic nitrogens is 1. The minimum absolute atomic E-state index is 0.0433. The van der Waals surface area contributed by atoms with Crippen molar-refractivity contribution >= 4 is 11.9 Å². The Labute approximate surface area is 131 Å². The number of esters is 1. The van der Waals surface area contributed by atoms with E-state index >= 15 is 0 Å². The lowest BCUT2D eigenvalue weighted by molar-refractivity contribution is -0.153. The molecule has 0 radical (unpaired) electrons. The summed E-state index contributed by atoms with van der Waals surface area (Å²) >= 11 is 0. The van der Waals surface area contributed by atoms with Crippen LogP contribution in [0.4, 0.5) is 0 Å². The van der Waals surface area contributed by atoms with E-state index < -0.39 is 36.2 Å². The highest BCUT2D eigenvalue weighted by atomic mass is 16.7. The number of aromatic hydroxyl groups is 2. The highest BCUT2D eigenvalue weighted by Gasteiger charge is 2.22. The molecule has 0 spiro atoms. The summed E-state index contributed by atoms with van der Waals surface area (Å²) in [7, 11) is 0. The Balaban J connectivity index is 1.82. The van der Waals surface area contributed by atoms with Gasteiger partial charge in [0.2, 0.25) is 11.8 Å². The topological polar surface area (TPSA) is 124 Å². The lowest BCUT2D eigenvalue weighted by Gasteiger charge is -2.12. The van der Waals surface area contributed by atoms with Crippen molar-refractivity contribution in [2.75, 3.05) is 0 Å². The largest absolute Gasteiger partial charge is 0.492 e. The van der Waals surface area contributed by atoms with Gasteiger partial charge in [-0.1, -0.05) is 30.3 Å². The number of benzene rings is 1. The van der Waals surface area contributed by atoms with Gasteiger partial charge in [0, 0.05) is 12.1 Å². The van der Waals surface area contributed by atoms with Crippen LogP contribution in [0, 0.1) is 0 Å². The summed E-state index contributed by atoms with van der Waals surface area (Å²) in [5, 5.41) is 18.7. The molecule has 2 aromatic rings. The summed E-state index contributed by atoms with van der Waals surface area (Å²) in [4.78, 5) is 28.1. The Morgan fingerprint density at radius 2 is 1.70 bits per heavy atom. The lowest BCUT2D eigenvalue weighted by atomic mass is 10.2. The predicted molar refractivity (Wildman–Crippen MR) is 78.2 cm³/mol. The quantitative estimate of drug-likeness (QED) is 0.654. The molecular weight excluding hydrogens is 304 g/mol. The fourth-order valence-electron chi connectivity index (χ4n) is 1.73. The van der Waals surface area contributed by atoms with E-state index in [1.165, 1.54) is 0 Å². The van der Waals surface area contributed by atoms with Crippen molar-refractivity contribution in [3.63, 3.8) is 0 Å². The number of ether oxygens (including phenoxy) is 1. The minimum Gasteiger partial charge on any atom is -0.492 e. The number of nitrogens with two attached hydrogens (primary N) is 1. The van der Waals surface area contributed by atoms with Crippen molar-refractivity contribution in [1.82, 2.24) is 4.73 Å². The minimum atomic E-state index is -1.22. The summed E-state index contributed by atoms with van der Waals surface area (Å²) < 4.78 is 5.51. The molecule has 8 nitrogen and oxygen atoms in total. The van der Waals surface area contributed by atoms with E-state index in [0.717, 1.165) is 17.7 Å². The number of nitrogens with zero attached hydrogens (tertiary/aromatic N) is 1. The van der Waals surface area contributed by atoms with Crippen LogP contribution in [0.5, 0.6) is 11.8 Å². The van der Waals surface area contributed by atoms with Crippen molar-refractivity contribution in [3.05, 3.63) is 48.0 Å². The fraction of sp³-hybridized carbons (Fsp3) is 0.200. The van der Waals surface area contributed by atoms with Gasteiger partial charge >= 0.3 is 11.9 Å². The third-order valence-electron chi connectivity index (χ3n) is 2.90. The van der Waals surface area contributed by atoms with Gasteiger partial charge in [-0.25, -0.2) is 4.79 Å². The first kappa shape index (κ1) is 16.4. The van der Waals surface area contributed by atoms with E-state index in [1.807, 2.05) is 6.07 Å². The van der Waals surface area contributed by atoms with Crippen LogP contribution >= 0.6 is 0 Å². The van der Waals surface area contributed by atoms with E-state index in [9.17, 15) is 19.8 Å². The summed E-state index contributed by atoms with van der Waals surface area (Å²) in [5.41, 5.74) is 6.37. The van der Waals surface area contributed by atoms with Crippen LogP contribution in [-0.2, 0) is 20.9 Å². The average Bonchev–Trinajstić information content (AvgIpc) is 2.85. The SMILES string of the molecule is N[C@@H](CC(=O)On1c(O)ccc1O)C(=O)OCc1ccccc1. The Hall–Kier alpha value is -3.00. The maximum Gasteiger partial charge on any atom is 0.335 e. The highest BCUT2D eigenvalue weighted by molar-refractivity contribution is 5.82. The van der Waals surface area contributed by atoms with E-state index in [4.69, 9.17) is 10.5 Å². The molecule has 0 aliphatic carbocycles. The van der Waals surface area contributed by atoms with Gasteiger partial charge < -0.3 is 25.5 Å². The molecule has 0 amide bonds. The molecule has 1 aromatic carbocycles. The highest BCUT2D eigenvalue weighted by Crippen LogP contribution is 2.18. The van der Waals surface area contributed by atoms with Crippen LogP contribution in [0.25, 0.3) is 0 Å². The molecule has 1 heterocycles. The van der Waals surface area contributed by atoms with Crippen LogP contribution in [-0.4, -0.2) is 32.9 Å². The summed E-state index contributed by atoms with van der Waals surface area (Å²) in [6.07, 6.45) is -0.468. The van der Waals surface area contributed by atoms with Crippen molar-refractivity contribution < 1.29 is 29.4 Å². The molecule has 122 valence electrons. The molecule has 8 heteroatoms. The third-order valence-corrected chi connectivity index (χ3v) is 2.90. The van der Waals surface area contributed by atoms with Crippen molar-refractivity contribution in [1.29, 1.82) is 0 Å². The summed E-state index contributed by atoms with van der Waals surface area (Å²) in [5.74, 6) is -2.59. The van der Waals surface area contributed by atoms with Gasteiger partial charge in [0.05, 0.1) is 6.42 Å². The first-order valence-corrected chi connectivity index (χ1v) is 6.74. The Bertz CT molecular complexity index is 663. The molecule has 0 unspecified atom stereocenters. The van der Waals surface area contributed by atoms with Crippen molar-refractivity contribution in [2.45, 2.75) is 19.1 Å². The fourth-order valence-corrected chi connectivity index (χ4v) is 1.73. The standard InChI is InChI=1S/C15H16N2O6/c16-11(15(21)22-9-10-4-2-1-3-5-10)8-14(20)23-17-12(18)6-7-13(17)19/h1-7,11,18-19H,8-9,16H2/t11-/m0/s1. The molecule has 1 aromatic heterocycles. The number of carbonyl (C=O) groups excluding carboxylic acids is 2. The van der Waals surface area contributed by atoms with E-state index in [1.54, 1.807) is 24.3 Å². The van der Waals surface area contributed by atoms with Gasteiger partial charge in [0.15, 0.2) is 0 Å². The normalized spacial score (nSPS) is 11.7. The second-order valence-corrected chi connectivity index (χ2v) is 4.71. The van der Waals surface area contributed by atoms with Gasteiger partial charge in [0.25, 0.3) is 0 Å². The molecule has 0 fully saturated rings. The van der Waals surface area contributed by atoms with Crippen LogP contribution in [0.15, 0.2) is 42.5 Å². The molecule has 0 aliphatic rings. The number of hydrogen-bond acceptors (Lipinski definition) is 7. The first-order chi connectivity index (χ1) is 11.0. The lowest BCUT2D eigenvalue weighted by Crippen LogP contribution is -2.36. The Kier molecular flexibility index (Phi) is 5.21. The van der Waals surface area contributed by atoms with Gasteiger partial charge in [0.1, 0.15) is 12.6 Å². The van der Waals surface area contributed by atoms with Gasteiger partial charge in [-0.15, -0.1) is 4.73 Å². The first-order valence-electron chi connectivity index (χ1n) is 6.74. The molecule has 0 saturated heterocycles. The van der Waals surface area contributed by atoms with E-state index in [-0.39, 0.29) is 6.61 Å². The number of rotatable bonds is 6. The molecule has 0 saturated carbocycles. The number of hydrogen-bond donors (Lipinski definition) is 3.